The smallest absolute Gasteiger partial charge is 0.324 e. The van der Waals surface area contributed by atoms with Crippen LogP contribution in [0, 0.1) is 11.3 Å². The number of fused-ring (bicyclic) bond motifs is 1. The van der Waals surface area contributed by atoms with E-state index in [-0.39, 0.29) is 17.4 Å². The molecule has 1 saturated heterocycles. The normalized spacial score (nSPS) is 19.0. The van der Waals surface area contributed by atoms with E-state index in [0.29, 0.717) is 52.6 Å². The summed E-state index contributed by atoms with van der Waals surface area (Å²) in [5, 5.41) is 4.86. The van der Waals surface area contributed by atoms with Crippen LogP contribution in [-0.4, -0.2) is 48.5 Å². The molecule has 5 rings (SSSR count). The molecule has 1 aliphatic carbocycles. The predicted octanol–water partition coefficient (Wildman–Crippen LogP) is 5.22. The van der Waals surface area contributed by atoms with E-state index in [1.807, 2.05) is 11.0 Å². The fraction of sp³-hybridized carbons (Fsp3) is 0.375. The molecule has 3 amide bonds. The first kappa shape index (κ1) is 22.0. The van der Waals surface area contributed by atoms with Gasteiger partial charge in [0.05, 0.1) is 16.9 Å². The number of amides is 3. The summed E-state index contributed by atoms with van der Waals surface area (Å²) >= 11 is 12.2. The molecule has 2 fully saturated rings. The average molecular weight is 487 g/mol. The van der Waals surface area contributed by atoms with Gasteiger partial charge in [-0.25, -0.2) is 4.79 Å². The Balaban J connectivity index is 1.13. The van der Waals surface area contributed by atoms with Crippen molar-refractivity contribution in [2.75, 3.05) is 31.6 Å². The quantitative estimate of drug-likeness (QED) is 0.547. The Morgan fingerprint density at radius 1 is 1.24 bits per heavy atom. The summed E-state index contributed by atoms with van der Waals surface area (Å²) in [7, 11) is 1.73. The second kappa shape index (κ2) is 8.54. The highest BCUT2D eigenvalue weighted by molar-refractivity contribution is 6.36. The van der Waals surface area contributed by atoms with E-state index >= 15 is 0 Å². The monoisotopic (exact) mass is 486 g/mol. The summed E-state index contributed by atoms with van der Waals surface area (Å²) < 4.78 is 5.59. The molecule has 33 heavy (non-hydrogen) atoms. The molecule has 2 aromatic heterocycles. The maximum Gasteiger partial charge on any atom is 0.324 e. The summed E-state index contributed by atoms with van der Waals surface area (Å²) in [6, 6.07) is 8.61. The molecule has 1 spiro atoms. The van der Waals surface area contributed by atoms with E-state index in [2.05, 4.69) is 10.3 Å². The first-order valence-electron chi connectivity index (χ1n) is 11.0. The van der Waals surface area contributed by atoms with Crippen molar-refractivity contribution >= 4 is 51.8 Å². The highest BCUT2D eigenvalue weighted by atomic mass is 35.5. The van der Waals surface area contributed by atoms with Gasteiger partial charge >= 0.3 is 6.03 Å². The molecule has 3 aromatic rings. The van der Waals surface area contributed by atoms with Gasteiger partial charge in [-0.1, -0.05) is 23.2 Å². The van der Waals surface area contributed by atoms with E-state index in [1.165, 1.54) is 0 Å². The number of furan rings is 1. The van der Waals surface area contributed by atoms with Crippen molar-refractivity contribution in [3.8, 4) is 0 Å². The molecule has 1 unspecified atom stereocenters. The molecule has 2 aliphatic rings. The van der Waals surface area contributed by atoms with E-state index in [4.69, 9.17) is 27.6 Å². The molecule has 172 valence electrons. The van der Waals surface area contributed by atoms with Crippen LogP contribution >= 0.6 is 23.2 Å². The number of rotatable bonds is 4. The second-order valence-electron chi connectivity index (χ2n) is 8.92. The van der Waals surface area contributed by atoms with Crippen LogP contribution in [0.15, 0.2) is 47.1 Å². The Hall–Kier alpha value is -2.77. The third kappa shape index (κ3) is 4.27. The third-order valence-electron chi connectivity index (χ3n) is 7.00. The maximum absolute atomic E-state index is 13.0. The first-order valence-corrected chi connectivity index (χ1v) is 11.7. The number of aromatic nitrogens is 1. The highest BCUT2D eigenvalue weighted by Gasteiger charge is 2.55. The Morgan fingerprint density at radius 2 is 2.03 bits per heavy atom. The first-order chi connectivity index (χ1) is 15.9. The van der Waals surface area contributed by atoms with Crippen LogP contribution in [0.4, 0.5) is 10.5 Å². The summed E-state index contributed by atoms with van der Waals surface area (Å²) in [6.07, 6.45) is 6.20. The van der Waals surface area contributed by atoms with Crippen molar-refractivity contribution in [2.45, 2.75) is 19.3 Å². The maximum atomic E-state index is 13.0. The standard InChI is InChI=1S/C24H24Cl2N4O3/c1-29(19-3-2-17(25)11-18(19)26)23(32)30-8-5-24(6-9-30)12-16(24)13-28-22(31)20-10-15-4-7-27-14-21(15)33-20/h2-4,7,10-11,14,16H,5-6,8-9,12-13H2,1H3,(H,28,31). The van der Waals surface area contributed by atoms with Crippen LogP contribution in [0.2, 0.25) is 10.0 Å². The number of hydrogen-bond donors (Lipinski definition) is 1. The number of nitrogens with one attached hydrogen (secondary N) is 1. The minimum absolute atomic E-state index is 0.0704. The van der Waals surface area contributed by atoms with Gasteiger partial charge in [-0.3, -0.25) is 14.7 Å². The van der Waals surface area contributed by atoms with Gasteiger partial charge in [-0.05, 0) is 60.9 Å². The lowest BCUT2D eigenvalue weighted by molar-refractivity contribution is 0.0922. The van der Waals surface area contributed by atoms with Crippen molar-refractivity contribution < 1.29 is 14.0 Å². The summed E-state index contributed by atoms with van der Waals surface area (Å²) in [4.78, 5) is 33.0. The van der Waals surface area contributed by atoms with Crippen LogP contribution in [-0.2, 0) is 0 Å². The van der Waals surface area contributed by atoms with Gasteiger partial charge in [-0.2, -0.15) is 0 Å². The largest absolute Gasteiger partial charge is 0.449 e. The van der Waals surface area contributed by atoms with E-state index in [1.54, 1.807) is 48.6 Å². The number of urea groups is 1. The average Bonchev–Trinajstić information content (AvgIpc) is 3.28. The lowest BCUT2D eigenvalue weighted by Crippen LogP contribution is -2.46. The van der Waals surface area contributed by atoms with Crippen molar-refractivity contribution in [2.24, 2.45) is 11.3 Å². The van der Waals surface area contributed by atoms with Crippen LogP contribution < -0.4 is 10.2 Å². The number of hydrogen-bond acceptors (Lipinski definition) is 4. The number of carbonyl (C=O) groups excluding carboxylic acids is 2. The third-order valence-corrected chi connectivity index (χ3v) is 7.54. The Labute approximate surface area is 201 Å². The van der Waals surface area contributed by atoms with Crippen molar-refractivity contribution in [3.05, 3.63) is 58.5 Å². The number of nitrogens with zero attached hydrogens (tertiary/aromatic N) is 3. The van der Waals surface area contributed by atoms with Gasteiger partial charge in [0.25, 0.3) is 5.91 Å². The van der Waals surface area contributed by atoms with Crippen LogP contribution in [0.3, 0.4) is 0 Å². The molecule has 3 heterocycles. The number of benzene rings is 1. The Kier molecular flexibility index (Phi) is 5.70. The van der Waals surface area contributed by atoms with E-state index in [9.17, 15) is 9.59 Å². The van der Waals surface area contributed by atoms with E-state index < -0.39 is 0 Å². The number of carbonyl (C=O) groups is 2. The number of piperidine rings is 1. The molecule has 9 heteroatoms. The molecule has 1 N–H and O–H groups in total. The van der Waals surface area contributed by atoms with Gasteiger partial charge in [0.15, 0.2) is 11.3 Å². The van der Waals surface area contributed by atoms with Crippen LogP contribution in [0.25, 0.3) is 11.0 Å². The molecule has 7 nitrogen and oxygen atoms in total. The Morgan fingerprint density at radius 3 is 2.76 bits per heavy atom. The van der Waals surface area contributed by atoms with E-state index in [0.717, 1.165) is 24.6 Å². The molecular formula is C24H24Cl2N4O3. The van der Waals surface area contributed by atoms with Gasteiger partial charge in [0, 0.05) is 43.3 Å². The number of anilines is 1. The van der Waals surface area contributed by atoms with Crippen LogP contribution in [0.5, 0.6) is 0 Å². The molecule has 0 bridgehead atoms. The van der Waals surface area contributed by atoms with Crippen molar-refractivity contribution in [1.82, 2.24) is 15.2 Å². The topological polar surface area (TPSA) is 78.7 Å². The lowest BCUT2D eigenvalue weighted by atomic mass is 9.91. The van der Waals surface area contributed by atoms with Crippen molar-refractivity contribution in [3.63, 3.8) is 0 Å². The van der Waals surface area contributed by atoms with Crippen molar-refractivity contribution in [1.29, 1.82) is 0 Å². The fourth-order valence-electron chi connectivity index (χ4n) is 4.84. The molecule has 0 radical (unpaired) electrons. The summed E-state index contributed by atoms with van der Waals surface area (Å²) in [5.74, 6) is 0.521. The zero-order chi connectivity index (χ0) is 23.2. The minimum Gasteiger partial charge on any atom is -0.449 e. The fourth-order valence-corrected chi connectivity index (χ4v) is 5.38. The Bertz CT molecular complexity index is 1190. The summed E-state index contributed by atoms with van der Waals surface area (Å²) in [5.41, 5.74) is 1.45. The molecular weight excluding hydrogens is 463 g/mol. The number of pyridine rings is 1. The van der Waals surface area contributed by atoms with Crippen LogP contribution in [0.1, 0.15) is 29.8 Å². The van der Waals surface area contributed by atoms with Gasteiger partial charge in [0.1, 0.15) is 0 Å². The number of halogens is 2. The molecule has 1 aliphatic heterocycles. The zero-order valence-corrected chi connectivity index (χ0v) is 19.7. The molecule has 1 saturated carbocycles. The minimum atomic E-state index is -0.206. The lowest BCUT2D eigenvalue weighted by Gasteiger charge is -2.35. The second-order valence-corrected chi connectivity index (χ2v) is 9.77. The zero-order valence-electron chi connectivity index (χ0n) is 18.2. The number of likely N-dealkylation sites (tertiary alicyclic amines) is 1. The highest BCUT2D eigenvalue weighted by Crippen LogP contribution is 2.59. The SMILES string of the molecule is CN(C(=O)N1CCC2(CC1)CC2CNC(=O)c1cc2ccncc2o1)c1ccc(Cl)cc1Cl. The predicted molar refractivity (Wildman–Crippen MR) is 128 cm³/mol. The molecule has 1 aromatic carbocycles. The molecule has 1 atom stereocenters. The summed E-state index contributed by atoms with van der Waals surface area (Å²) in [6.45, 7) is 1.99. The van der Waals surface area contributed by atoms with Gasteiger partial charge in [0.2, 0.25) is 0 Å². The van der Waals surface area contributed by atoms with Gasteiger partial charge < -0.3 is 14.6 Å². The van der Waals surface area contributed by atoms with Gasteiger partial charge in [-0.15, -0.1) is 0 Å².